The summed E-state index contributed by atoms with van der Waals surface area (Å²) in [6, 6.07) is 13.0. The average Bonchev–Trinajstić information content (AvgIpc) is 2.93. The Kier molecular flexibility index (Phi) is 4.58. The lowest BCUT2D eigenvalue weighted by atomic mass is 10.1. The Labute approximate surface area is 146 Å². The molecular formula is C19H19ClN2O2. The van der Waals surface area contributed by atoms with E-state index in [0.717, 1.165) is 22.5 Å². The predicted octanol–water partition coefficient (Wildman–Crippen LogP) is 3.95. The van der Waals surface area contributed by atoms with Crippen molar-refractivity contribution >= 4 is 34.8 Å². The molecule has 1 fully saturated rings. The molecule has 1 atom stereocenters. The summed E-state index contributed by atoms with van der Waals surface area (Å²) in [6.45, 7) is 4.29. The summed E-state index contributed by atoms with van der Waals surface area (Å²) in [4.78, 5) is 26.5. The van der Waals surface area contributed by atoms with Crippen molar-refractivity contribution in [1.82, 2.24) is 0 Å². The highest BCUT2D eigenvalue weighted by Gasteiger charge is 2.35. The van der Waals surface area contributed by atoms with Gasteiger partial charge in [-0.25, -0.2) is 0 Å². The highest BCUT2D eigenvalue weighted by Crippen LogP contribution is 2.28. The molecule has 4 nitrogen and oxygen atoms in total. The van der Waals surface area contributed by atoms with Gasteiger partial charge in [-0.15, -0.1) is 0 Å². The van der Waals surface area contributed by atoms with E-state index in [1.165, 1.54) is 0 Å². The number of halogens is 1. The fraction of sp³-hybridized carbons (Fsp3) is 0.263. The van der Waals surface area contributed by atoms with Crippen LogP contribution >= 0.6 is 11.6 Å². The highest BCUT2D eigenvalue weighted by molar-refractivity contribution is 6.31. The van der Waals surface area contributed by atoms with Gasteiger partial charge in [0.25, 0.3) is 0 Å². The van der Waals surface area contributed by atoms with Gasteiger partial charge in [-0.2, -0.15) is 0 Å². The van der Waals surface area contributed by atoms with Crippen molar-refractivity contribution in [3.63, 3.8) is 0 Å². The van der Waals surface area contributed by atoms with E-state index in [2.05, 4.69) is 5.32 Å². The van der Waals surface area contributed by atoms with Crippen LogP contribution < -0.4 is 10.2 Å². The second-order valence-corrected chi connectivity index (χ2v) is 6.58. The van der Waals surface area contributed by atoms with Crippen LogP contribution in [-0.2, 0) is 9.59 Å². The van der Waals surface area contributed by atoms with E-state index in [1.54, 1.807) is 23.1 Å². The summed E-state index contributed by atoms with van der Waals surface area (Å²) in [5, 5.41) is 3.55. The van der Waals surface area contributed by atoms with E-state index < -0.39 is 0 Å². The second-order valence-electron chi connectivity index (χ2n) is 6.14. The van der Waals surface area contributed by atoms with E-state index in [9.17, 15) is 9.59 Å². The number of hydrogen-bond donors (Lipinski definition) is 1. The monoisotopic (exact) mass is 342 g/mol. The van der Waals surface area contributed by atoms with Gasteiger partial charge < -0.3 is 10.2 Å². The van der Waals surface area contributed by atoms with Gasteiger partial charge in [0.2, 0.25) is 11.8 Å². The summed E-state index contributed by atoms with van der Waals surface area (Å²) in [7, 11) is 0. The Morgan fingerprint density at radius 1 is 1.17 bits per heavy atom. The first-order chi connectivity index (χ1) is 11.5. The zero-order valence-corrected chi connectivity index (χ0v) is 14.4. The van der Waals surface area contributed by atoms with Gasteiger partial charge in [0.1, 0.15) is 0 Å². The molecule has 0 saturated carbocycles. The van der Waals surface area contributed by atoms with Crippen molar-refractivity contribution < 1.29 is 9.59 Å². The molecule has 0 spiro atoms. The van der Waals surface area contributed by atoms with Crippen LogP contribution in [0.1, 0.15) is 17.5 Å². The number of nitrogens with one attached hydrogen (secondary N) is 1. The summed E-state index contributed by atoms with van der Waals surface area (Å²) in [5.74, 6) is -0.542. The summed E-state index contributed by atoms with van der Waals surface area (Å²) in [6.07, 6.45) is 0.212. The third kappa shape index (κ3) is 3.29. The molecular weight excluding hydrogens is 324 g/mol. The van der Waals surface area contributed by atoms with Gasteiger partial charge in [0.05, 0.1) is 5.92 Å². The topological polar surface area (TPSA) is 49.4 Å². The second kappa shape index (κ2) is 6.65. The minimum atomic E-state index is -0.365. The number of anilines is 2. The van der Waals surface area contributed by atoms with E-state index in [1.807, 2.05) is 38.1 Å². The Balaban J connectivity index is 1.75. The quantitative estimate of drug-likeness (QED) is 0.918. The van der Waals surface area contributed by atoms with E-state index in [0.29, 0.717) is 11.6 Å². The van der Waals surface area contributed by atoms with Gasteiger partial charge in [-0.05, 0) is 43.2 Å². The first kappa shape index (κ1) is 16.5. The van der Waals surface area contributed by atoms with Gasteiger partial charge >= 0.3 is 0 Å². The van der Waals surface area contributed by atoms with Crippen molar-refractivity contribution in [1.29, 1.82) is 0 Å². The van der Waals surface area contributed by atoms with Crippen LogP contribution in [0.25, 0.3) is 0 Å². The third-order valence-electron chi connectivity index (χ3n) is 4.35. The molecule has 1 saturated heterocycles. The van der Waals surface area contributed by atoms with Crippen LogP contribution in [0, 0.1) is 19.8 Å². The lowest BCUT2D eigenvalue weighted by Crippen LogP contribution is -2.28. The average molecular weight is 343 g/mol. The summed E-state index contributed by atoms with van der Waals surface area (Å²) < 4.78 is 0. The lowest BCUT2D eigenvalue weighted by Gasteiger charge is -2.17. The number of nitrogens with zero attached hydrogens (tertiary/aromatic N) is 1. The molecule has 2 amide bonds. The van der Waals surface area contributed by atoms with Crippen molar-refractivity contribution in [2.24, 2.45) is 5.92 Å². The fourth-order valence-electron chi connectivity index (χ4n) is 3.01. The first-order valence-electron chi connectivity index (χ1n) is 7.88. The van der Waals surface area contributed by atoms with Crippen molar-refractivity contribution in [3.05, 3.63) is 58.6 Å². The summed E-state index contributed by atoms with van der Waals surface area (Å²) in [5.41, 5.74) is 3.59. The van der Waals surface area contributed by atoms with Gasteiger partial charge in [-0.3, -0.25) is 9.59 Å². The smallest absolute Gasteiger partial charge is 0.229 e. The number of amides is 2. The molecule has 0 aliphatic carbocycles. The Hall–Kier alpha value is -2.33. The summed E-state index contributed by atoms with van der Waals surface area (Å²) >= 11 is 5.99. The predicted molar refractivity (Wildman–Crippen MR) is 96.5 cm³/mol. The molecule has 2 aromatic rings. The zero-order valence-electron chi connectivity index (χ0n) is 13.7. The molecule has 1 heterocycles. The molecule has 0 bridgehead atoms. The maximum atomic E-state index is 12.6. The maximum Gasteiger partial charge on any atom is 0.229 e. The van der Waals surface area contributed by atoms with Crippen LogP contribution in [0.3, 0.4) is 0 Å². The Morgan fingerprint density at radius 2 is 1.83 bits per heavy atom. The van der Waals surface area contributed by atoms with Crippen molar-refractivity contribution in [2.75, 3.05) is 16.8 Å². The molecule has 0 aromatic heterocycles. The Morgan fingerprint density at radius 3 is 2.50 bits per heavy atom. The number of aryl methyl sites for hydroxylation is 2. The SMILES string of the molecule is Cc1cccc(C)c1NC(=O)C1CC(=O)N(c2cccc(Cl)c2)C1. The first-order valence-corrected chi connectivity index (χ1v) is 8.26. The number of para-hydroxylation sites is 1. The fourth-order valence-corrected chi connectivity index (χ4v) is 3.20. The number of carbonyl (C=O) groups excluding carboxylic acids is 2. The van der Waals surface area contributed by atoms with Crippen LogP contribution in [0.5, 0.6) is 0 Å². The number of carbonyl (C=O) groups is 2. The minimum Gasteiger partial charge on any atom is -0.325 e. The van der Waals surface area contributed by atoms with Crippen LogP contribution in [-0.4, -0.2) is 18.4 Å². The largest absolute Gasteiger partial charge is 0.325 e. The lowest BCUT2D eigenvalue weighted by molar-refractivity contribution is -0.122. The van der Waals surface area contributed by atoms with Crippen LogP contribution in [0.4, 0.5) is 11.4 Å². The molecule has 24 heavy (non-hydrogen) atoms. The van der Waals surface area contributed by atoms with Crippen LogP contribution in [0.15, 0.2) is 42.5 Å². The number of hydrogen-bond acceptors (Lipinski definition) is 2. The van der Waals surface area contributed by atoms with Crippen LogP contribution in [0.2, 0.25) is 5.02 Å². The molecule has 0 radical (unpaired) electrons. The zero-order chi connectivity index (χ0) is 17.3. The van der Waals surface area contributed by atoms with Gasteiger partial charge in [0.15, 0.2) is 0 Å². The van der Waals surface area contributed by atoms with Crippen molar-refractivity contribution in [3.8, 4) is 0 Å². The molecule has 124 valence electrons. The normalized spacial score (nSPS) is 17.2. The Bertz CT molecular complexity index is 783. The third-order valence-corrected chi connectivity index (χ3v) is 4.58. The maximum absolute atomic E-state index is 12.6. The number of rotatable bonds is 3. The molecule has 1 unspecified atom stereocenters. The van der Waals surface area contributed by atoms with Crippen molar-refractivity contribution in [2.45, 2.75) is 20.3 Å². The van der Waals surface area contributed by atoms with E-state index >= 15 is 0 Å². The molecule has 1 aliphatic rings. The molecule has 1 N–H and O–H groups in total. The van der Waals surface area contributed by atoms with E-state index in [-0.39, 0.29) is 24.2 Å². The molecule has 1 aliphatic heterocycles. The van der Waals surface area contributed by atoms with Gasteiger partial charge in [-0.1, -0.05) is 35.9 Å². The molecule has 5 heteroatoms. The minimum absolute atomic E-state index is 0.0566. The highest BCUT2D eigenvalue weighted by atomic mass is 35.5. The van der Waals surface area contributed by atoms with E-state index in [4.69, 9.17) is 11.6 Å². The molecule has 2 aromatic carbocycles. The molecule has 3 rings (SSSR count). The van der Waals surface area contributed by atoms with Gasteiger partial charge in [0, 0.05) is 29.4 Å². The standard InChI is InChI=1S/C19H19ClN2O2/c1-12-5-3-6-13(2)18(12)21-19(24)14-9-17(23)22(11-14)16-8-4-7-15(20)10-16/h3-8,10,14H,9,11H2,1-2H3,(H,21,24). The number of benzene rings is 2.